The first-order chi connectivity index (χ1) is 7.68. The van der Waals surface area contributed by atoms with Gasteiger partial charge in [-0.2, -0.15) is 11.8 Å². The molecule has 3 heteroatoms. The van der Waals surface area contributed by atoms with E-state index in [-0.39, 0.29) is 5.41 Å². The summed E-state index contributed by atoms with van der Waals surface area (Å²) in [5.74, 6) is 2.66. The fourth-order valence-electron chi connectivity index (χ4n) is 2.05. The fourth-order valence-corrected chi connectivity index (χ4v) is 4.01. The maximum atomic E-state index is 3.74. The fraction of sp³-hybridized carbons (Fsp3) is 0.692. The van der Waals surface area contributed by atoms with Crippen molar-refractivity contribution >= 4 is 23.1 Å². The highest BCUT2D eigenvalue weighted by atomic mass is 32.2. The predicted octanol–water partition coefficient (Wildman–Crippen LogP) is 3.51. The number of hydrogen-bond acceptors (Lipinski definition) is 3. The Labute approximate surface area is 107 Å². The molecule has 0 atom stereocenters. The Kier molecular flexibility index (Phi) is 4.34. The SMILES string of the molecule is CC(C)(CNC1CCSCC1)c1cccs1. The Morgan fingerprint density at radius 1 is 1.38 bits per heavy atom. The average molecular weight is 255 g/mol. The number of thioether (sulfide) groups is 1. The van der Waals surface area contributed by atoms with Crippen LogP contribution in [-0.2, 0) is 5.41 Å². The summed E-state index contributed by atoms with van der Waals surface area (Å²) in [7, 11) is 0. The molecule has 1 N–H and O–H groups in total. The minimum absolute atomic E-state index is 0.277. The van der Waals surface area contributed by atoms with Gasteiger partial charge in [-0.05, 0) is 35.8 Å². The third-order valence-electron chi connectivity index (χ3n) is 3.24. The van der Waals surface area contributed by atoms with Crippen molar-refractivity contribution in [3.8, 4) is 0 Å². The summed E-state index contributed by atoms with van der Waals surface area (Å²) >= 11 is 3.96. The molecular weight excluding hydrogens is 234 g/mol. The monoisotopic (exact) mass is 255 g/mol. The van der Waals surface area contributed by atoms with E-state index < -0.39 is 0 Å². The van der Waals surface area contributed by atoms with Crippen LogP contribution in [0.1, 0.15) is 31.6 Å². The van der Waals surface area contributed by atoms with Crippen LogP contribution in [0.15, 0.2) is 17.5 Å². The maximum absolute atomic E-state index is 3.74. The quantitative estimate of drug-likeness (QED) is 0.883. The minimum atomic E-state index is 0.277. The Bertz CT molecular complexity index is 300. The van der Waals surface area contributed by atoms with Crippen LogP contribution < -0.4 is 5.32 Å². The minimum Gasteiger partial charge on any atom is -0.313 e. The largest absolute Gasteiger partial charge is 0.313 e. The average Bonchev–Trinajstić information content (AvgIpc) is 2.82. The first kappa shape index (κ1) is 12.5. The van der Waals surface area contributed by atoms with Gasteiger partial charge in [-0.25, -0.2) is 0 Å². The van der Waals surface area contributed by atoms with Gasteiger partial charge in [0, 0.05) is 22.9 Å². The summed E-state index contributed by atoms with van der Waals surface area (Å²) in [4.78, 5) is 1.49. The molecule has 0 amide bonds. The van der Waals surface area contributed by atoms with Gasteiger partial charge in [0.1, 0.15) is 0 Å². The van der Waals surface area contributed by atoms with Crippen LogP contribution in [0.2, 0.25) is 0 Å². The zero-order chi connectivity index (χ0) is 11.4. The highest BCUT2D eigenvalue weighted by molar-refractivity contribution is 7.99. The van der Waals surface area contributed by atoms with Crippen LogP contribution in [0.3, 0.4) is 0 Å². The molecule has 0 saturated carbocycles. The summed E-state index contributed by atoms with van der Waals surface area (Å²) < 4.78 is 0. The standard InChI is InChI=1S/C13H21NS2/c1-13(2,12-4-3-7-16-12)10-14-11-5-8-15-9-6-11/h3-4,7,11,14H,5-6,8-10H2,1-2H3. The zero-order valence-electron chi connectivity index (χ0n) is 10.2. The molecule has 2 rings (SSSR count). The van der Waals surface area contributed by atoms with E-state index >= 15 is 0 Å². The van der Waals surface area contributed by atoms with E-state index in [1.807, 2.05) is 11.3 Å². The van der Waals surface area contributed by atoms with E-state index in [0.29, 0.717) is 0 Å². The maximum Gasteiger partial charge on any atom is 0.0115 e. The molecule has 1 fully saturated rings. The molecule has 1 aliphatic rings. The van der Waals surface area contributed by atoms with E-state index in [1.165, 1.54) is 29.2 Å². The van der Waals surface area contributed by atoms with Crippen LogP contribution in [0.5, 0.6) is 0 Å². The summed E-state index contributed by atoms with van der Waals surface area (Å²) in [5.41, 5.74) is 0.277. The topological polar surface area (TPSA) is 12.0 Å². The Hall–Kier alpha value is 0.01000. The molecule has 1 aromatic heterocycles. The van der Waals surface area contributed by atoms with Crippen molar-refractivity contribution in [3.05, 3.63) is 22.4 Å². The molecule has 0 unspecified atom stereocenters. The van der Waals surface area contributed by atoms with Gasteiger partial charge in [0.25, 0.3) is 0 Å². The van der Waals surface area contributed by atoms with E-state index in [0.717, 1.165) is 12.6 Å². The first-order valence-corrected chi connectivity index (χ1v) is 8.07. The summed E-state index contributed by atoms with van der Waals surface area (Å²) in [5, 5.41) is 5.92. The van der Waals surface area contributed by atoms with Crippen LogP contribution >= 0.6 is 23.1 Å². The molecule has 0 spiro atoms. The van der Waals surface area contributed by atoms with Crippen LogP contribution in [-0.4, -0.2) is 24.1 Å². The predicted molar refractivity (Wildman–Crippen MR) is 75.7 cm³/mol. The lowest BCUT2D eigenvalue weighted by Gasteiger charge is -2.29. The van der Waals surface area contributed by atoms with E-state index in [9.17, 15) is 0 Å². The van der Waals surface area contributed by atoms with Gasteiger partial charge in [-0.3, -0.25) is 0 Å². The lowest BCUT2D eigenvalue weighted by molar-refractivity contribution is 0.406. The molecule has 16 heavy (non-hydrogen) atoms. The summed E-state index contributed by atoms with van der Waals surface area (Å²) in [6.07, 6.45) is 2.68. The Morgan fingerprint density at radius 3 is 2.75 bits per heavy atom. The Balaban J connectivity index is 1.84. The molecule has 1 aliphatic heterocycles. The van der Waals surface area contributed by atoms with E-state index in [1.54, 1.807) is 0 Å². The van der Waals surface area contributed by atoms with Crippen molar-refractivity contribution < 1.29 is 0 Å². The number of nitrogens with one attached hydrogen (secondary N) is 1. The van der Waals surface area contributed by atoms with Crippen molar-refractivity contribution in [3.63, 3.8) is 0 Å². The normalized spacial score (nSPS) is 18.9. The zero-order valence-corrected chi connectivity index (χ0v) is 11.8. The molecule has 90 valence electrons. The highest BCUT2D eigenvalue weighted by Crippen LogP contribution is 2.27. The van der Waals surface area contributed by atoms with Crippen molar-refractivity contribution in [1.29, 1.82) is 0 Å². The second-order valence-corrected chi connectivity index (χ2v) is 7.30. The van der Waals surface area contributed by atoms with Gasteiger partial charge in [0.15, 0.2) is 0 Å². The number of rotatable bonds is 4. The lowest BCUT2D eigenvalue weighted by atomic mass is 9.91. The second kappa shape index (κ2) is 5.56. The van der Waals surface area contributed by atoms with Gasteiger partial charge in [-0.1, -0.05) is 19.9 Å². The van der Waals surface area contributed by atoms with Crippen LogP contribution in [0, 0.1) is 0 Å². The molecule has 0 bridgehead atoms. The first-order valence-electron chi connectivity index (χ1n) is 6.03. The Morgan fingerprint density at radius 2 is 2.12 bits per heavy atom. The molecule has 1 aromatic rings. The molecule has 1 nitrogen and oxygen atoms in total. The van der Waals surface area contributed by atoms with Crippen LogP contribution in [0.4, 0.5) is 0 Å². The highest BCUT2D eigenvalue weighted by Gasteiger charge is 2.23. The lowest BCUT2D eigenvalue weighted by Crippen LogP contribution is -2.40. The van der Waals surface area contributed by atoms with Crippen LogP contribution in [0.25, 0.3) is 0 Å². The van der Waals surface area contributed by atoms with Gasteiger partial charge >= 0.3 is 0 Å². The third-order valence-corrected chi connectivity index (χ3v) is 5.53. The van der Waals surface area contributed by atoms with Crippen molar-refractivity contribution in [1.82, 2.24) is 5.32 Å². The summed E-state index contributed by atoms with van der Waals surface area (Å²) in [6.45, 7) is 5.77. The smallest absolute Gasteiger partial charge is 0.0115 e. The van der Waals surface area contributed by atoms with Gasteiger partial charge in [-0.15, -0.1) is 11.3 Å². The van der Waals surface area contributed by atoms with E-state index in [4.69, 9.17) is 0 Å². The van der Waals surface area contributed by atoms with Gasteiger partial charge in [0.05, 0.1) is 0 Å². The van der Waals surface area contributed by atoms with Crippen molar-refractivity contribution in [2.45, 2.75) is 38.1 Å². The molecule has 2 heterocycles. The molecular formula is C13H21NS2. The van der Waals surface area contributed by atoms with E-state index in [2.05, 4.69) is 48.4 Å². The van der Waals surface area contributed by atoms with Crippen molar-refractivity contribution in [2.24, 2.45) is 0 Å². The third kappa shape index (κ3) is 3.25. The number of hydrogen-bond donors (Lipinski definition) is 1. The molecule has 0 radical (unpaired) electrons. The van der Waals surface area contributed by atoms with Gasteiger partial charge in [0.2, 0.25) is 0 Å². The molecule has 0 aromatic carbocycles. The number of thiophene rings is 1. The molecule has 0 aliphatic carbocycles. The molecule has 1 saturated heterocycles. The van der Waals surface area contributed by atoms with Crippen molar-refractivity contribution in [2.75, 3.05) is 18.1 Å². The van der Waals surface area contributed by atoms with Gasteiger partial charge < -0.3 is 5.32 Å². The summed E-state index contributed by atoms with van der Waals surface area (Å²) in [6, 6.07) is 5.16. The second-order valence-electron chi connectivity index (χ2n) is 5.13.